The molecule has 2 aromatic rings. The number of thiazole rings is 1. The van der Waals surface area contributed by atoms with Crippen LogP contribution in [0.25, 0.3) is 11.5 Å². The van der Waals surface area contributed by atoms with Crippen molar-refractivity contribution < 1.29 is 23.5 Å². The quantitative estimate of drug-likeness (QED) is 0.791. The molecule has 0 aliphatic carbocycles. The molecular formula is C16H20N2O5S. The second-order valence-corrected chi connectivity index (χ2v) is 6.86. The number of Topliss-reactive ketones (excluding diaryl/α,β-unsaturated/α-hetero) is 1. The third-order valence-electron chi connectivity index (χ3n) is 2.68. The molecule has 8 heteroatoms. The number of hydrogen-bond donors (Lipinski definition) is 1. The summed E-state index contributed by atoms with van der Waals surface area (Å²) >= 11 is 1.06. The molecule has 2 heterocycles. The van der Waals surface area contributed by atoms with Crippen molar-refractivity contribution in [1.29, 1.82) is 0 Å². The van der Waals surface area contributed by atoms with Crippen LogP contribution in [0, 0.1) is 0 Å². The predicted octanol–water partition coefficient (Wildman–Crippen LogP) is 3.97. The molecule has 0 spiro atoms. The summed E-state index contributed by atoms with van der Waals surface area (Å²) in [7, 11) is 0. The van der Waals surface area contributed by atoms with Crippen LogP contribution in [0.2, 0.25) is 0 Å². The molecule has 0 aromatic carbocycles. The zero-order chi connectivity index (χ0) is 17.7. The van der Waals surface area contributed by atoms with Crippen molar-refractivity contribution in [2.45, 2.75) is 33.3 Å². The van der Waals surface area contributed by atoms with Crippen molar-refractivity contribution in [3.8, 4) is 11.5 Å². The summed E-state index contributed by atoms with van der Waals surface area (Å²) in [6.07, 6.45) is 0.859. The van der Waals surface area contributed by atoms with Crippen LogP contribution >= 0.6 is 11.3 Å². The minimum absolute atomic E-state index is 0.0573. The first-order chi connectivity index (χ1) is 11.3. The summed E-state index contributed by atoms with van der Waals surface area (Å²) in [5, 5.41) is 2.80. The molecule has 2 aromatic heterocycles. The van der Waals surface area contributed by atoms with Gasteiger partial charge in [-0.15, -0.1) is 0 Å². The molecule has 0 radical (unpaired) electrons. The lowest BCUT2D eigenvalue weighted by Gasteiger charge is -2.18. The van der Waals surface area contributed by atoms with E-state index < -0.39 is 11.7 Å². The number of ketones is 1. The summed E-state index contributed by atoms with van der Waals surface area (Å²) in [6, 6.07) is 3.40. The van der Waals surface area contributed by atoms with Gasteiger partial charge in [0.05, 0.1) is 6.26 Å². The van der Waals surface area contributed by atoms with Crippen molar-refractivity contribution in [3.63, 3.8) is 0 Å². The van der Waals surface area contributed by atoms with E-state index in [0.29, 0.717) is 22.9 Å². The van der Waals surface area contributed by atoms with Crippen LogP contribution < -0.4 is 5.32 Å². The fourth-order valence-corrected chi connectivity index (χ4v) is 2.67. The first kappa shape index (κ1) is 18.2. The number of rotatable bonds is 6. The van der Waals surface area contributed by atoms with Crippen LogP contribution in [0.5, 0.6) is 0 Å². The van der Waals surface area contributed by atoms with Crippen LogP contribution in [-0.2, 0) is 9.47 Å². The molecule has 0 saturated carbocycles. The standard InChI is InChI=1S/C16H20N2O5S/c1-5-21-9-10(19)13-12(11-7-6-8-22-11)17-14(24-13)18-15(20)23-16(2,3)4/h6-8H,5,9H2,1-4H3,(H,17,18,20). The molecule has 130 valence electrons. The Kier molecular flexibility index (Phi) is 5.74. The number of furan rings is 1. The number of nitrogens with one attached hydrogen (secondary N) is 1. The number of nitrogens with zero attached hydrogens (tertiary/aromatic N) is 1. The lowest BCUT2D eigenvalue weighted by Crippen LogP contribution is -2.27. The van der Waals surface area contributed by atoms with Crippen LogP contribution in [0.15, 0.2) is 22.8 Å². The maximum absolute atomic E-state index is 12.3. The third-order valence-corrected chi connectivity index (χ3v) is 3.69. The van der Waals surface area contributed by atoms with Crippen LogP contribution in [0.4, 0.5) is 9.93 Å². The second kappa shape index (κ2) is 7.59. The number of hydrogen-bond acceptors (Lipinski definition) is 7. The van der Waals surface area contributed by atoms with E-state index in [1.807, 2.05) is 6.92 Å². The maximum Gasteiger partial charge on any atom is 0.413 e. The SMILES string of the molecule is CCOCC(=O)c1sc(NC(=O)OC(C)(C)C)nc1-c1ccco1. The van der Waals surface area contributed by atoms with Gasteiger partial charge in [-0.2, -0.15) is 0 Å². The van der Waals surface area contributed by atoms with Crippen LogP contribution in [-0.4, -0.2) is 35.7 Å². The summed E-state index contributed by atoms with van der Waals surface area (Å²) < 4.78 is 15.7. The molecule has 2 rings (SSSR count). The second-order valence-electron chi connectivity index (χ2n) is 5.86. The normalized spacial score (nSPS) is 11.3. The fraction of sp³-hybridized carbons (Fsp3) is 0.438. The number of ether oxygens (including phenoxy) is 2. The first-order valence-corrected chi connectivity index (χ1v) is 8.27. The van der Waals surface area contributed by atoms with E-state index in [0.717, 1.165) is 11.3 Å². The van der Waals surface area contributed by atoms with Gasteiger partial charge in [-0.1, -0.05) is 11.3 Å². The van der Waals surface area contributed by atoms with Gasteiger partial charge in [-0.3, -0.25) is 10.1 Å². The van der Waals surface area contributed by atoms with Gasteiger partial charge in [0.15, 0.2) is 10.9 Å². The molecule has 0 saturated heterocycles. The van der Waals surface area contributed by atoms with Gasteiger partial charge in [-0.05, 0) is 39.8 Å². The molecule has 0 fully saturated rings. The summed E-state index contributed by atoms with van der Waals surface area (Å²) in [5.41, 5.74) is -0.250. The van der Waals surface area contributed by atoms with E-state index in [4.69, 9.17) is 13.9 Å². The van der Waals surface area contributed by atoms with Gasteiger partial charge >= 0.3 is 6.09 Å². The molecule has 0 atom stereocenters. The highest BCUT2D eigenvalue weighted by Crippen LogP contribution is 2.32. The number of carbonyl (C=O) groups excluding carboxylic acids is 2. The molecule has 24 heavy (non-hydrogen) atoms. The van der Waals surface area contributed by atoms with Gasteiger partial charge in [0, 0.05) is 6.61 Å². The van der Waals surface area contributed by atoms with E-state index in [9.17, 15) is 9.59 Å². The summed E-state index contributed by atoms with van der Waals surface area (Å²) in [6.45, 7) is 7.48. The predicted molar refractivity (Wildman–Crippen MR) is 90.5 cm³/mol. The molecular weight excluding hydrogens is 332 g/mol. The Morgan fingerprint density at radius 1 is 1.38 bits per heavy atom. The van der Waals surface area contributed by atoms with Gasteiger partial charge in [0.2, 0.25) is 5.78 Å². The Hall–Kier alpha value is -2.19. The molecule has 0 aliphatic rings. The highest BCUT2D eigenvalue weighted by molar-refractivity contribution is 7.18. The van der Waals surface area contributed by atoms with Gasteiger partial charge in [0.1, 0.15) is 22.8 Å². The Balaban J connectivity index is 2.24. The minimum atomic E-state index is -0.633. The lowest BCUT2D eigenvalue weighted by molar-refractivity contribution is 0.0635. The average Bonchev–Trinajstić information content (AvgIpc) is 3.11. The number of anilines is 1. The van der Waals surface area contributed by atoms with Crippen LogP contribution in [0.3, 0.4) is 0 Å². The van der Waals surface area contributed by atoms with Crippen molar-refractivity contribution in [2.24, 2.45) is 0 Å². The largest absolute Gasteiger partial charge is 0.463 e. The van der Waals surface area contributed by atoms with Crippen molar-refractivity contribution in [1.82, 2.24) is 4.98 Å². The van der Waals surface area contributed by atoms with E-state index in [1.54, 1.807) is 32.9 Å². The summed E-state index contributed by atoms with van der Waals surface area (Å²) in [4.78, 5) is 28.8. The Morgan fingerprint density at radius 3 is 2.71 bits per heavy atom. The number of amides is 1. The topological polar surface area (TPSA) is 90.7 Å². The molecule has 0 bridgehead atoms. The fourth-order valence-electron chi connectivity index (χ4n) is 1.79. The van der Waals surface area contributed by atoms with Gasteiger partial charge in [0.25, 0.3) is 0 Å². The van der Waals surface area contributed by atoms with E-state index in [1.165, 1.54) is 6.26 Å². The monoisotopic (exact) mass is 352 g/mol. The van der Waals surface area contributed by atoms with E-state index in [-0.39, 0.29) is 17.5 Å². The smallest absolute Gasteiger partial charge is 0.413 e. The maximum atomic E-state index is 12.3. The first-order valence-electron chi connectivity index (χ1n) is 7.46. The van der Waals surface area contributed by atoms with E-state index >= 15 is 0 Å². The van der Waals surface area contributed by atoms with Gasteiger partial charge < -0.3 is 13.9 Å². The molecule has 1 N–H and O–H groups in total. The zero-order valence-corrected chi connectivity index (χ0v) is 14.9. The van der Waals surface area contributed by atoms with E-state index in [2.05, 4.69) is 10.3 Å². The Morgan fingerprint density at radius 2 is 2.12 bits per heavy atom. The van der Waals surface area contributed by atoms with Gasteiger partial charge in [-0.25, -0.2) is 9.78 Å². The average molecular weight is 352 g/mol. The van der Waals surface area contributed by atoms with Crippen molar-refractivity contribution in [3.05, 3.63) is 23.3 Å². The lowest BCUT2D eigenvalue weighted by atomic mass is 10.2. The summed E-state index contributed by atoms with van der Waals surface area (Å²) in [5.74, 6) is 0.223. The number of aromatic nitrogens is 1. The Labute approximate surface area is 144 Å². The molecule has 7 nitrogen and oxygen atoms in total. The third kappa shape index (κ3) is 4.90. The number of carbonyl (C=O) groups is 2. The highest BCUT2D eigenvalue weighted by Gasteiger charge is 2.23. The van der Waals surface area contributed by atoms with Crippen LogP contribution in [0.1, 0.15) is 37.4 Å². The van der Waals surface area contributed by atoms with Crippen molar-refractivity contribution >= 4 is 28.3 Å². The molecule has 1 amide bonds. The highest BCUT2D eigenvalue weighted by atomic mass is 32.1. The Bertz CT molecular complexity index is 701. The van der Waals surface area contributed by atoms with Crippen molar-refractivity contribution in [2.75, 3.05) is 18.5 Å². The zero-order valence-electron chi connectivity index (χ0n) is 14.0. The minimum Gasteiger partial charge on any atom is -0.463 e. The molecule has 0 aliphatic heterocycles. The molecule has 0 unspecified atom stereocenters.